The molecule has 1 unspecified atom stereocenters. The minimum Gasteiger partial charge on any atom is -0.388 e. The molecule has 0 amide bonds. The lowest BCUT2D eigenvalue weighted by molar-refractivity contribution is 0.164. The van der Waals surface area contributed by atoms with Crippen LogP contribution >= 0.6 is 0 Å². The molecule has 2 heteroatoms. The van der Waals surface area contributed by atoms with E-state index in [1.807, 2.05) is 18.2 Å². The predicted octanol–water partition coefficient (Wildman–Crippen LogP) is 3.68. The number of aliphatic hydroxyl groups excluding tert-OH is 1. The minimum absolute atomic E-state index is 0.279. The Kier molecular flexibility index (Phi) is 4.82. The lowest BCUT2D eigenvalue weighted by atomic mass is 9.98. The van der Waals surface area contributed by atoms with Crippen LogP contribution in [0.15, 0.2) is 36.9 Å². The second-order valence-corrected chi connectivity index (χ2v) is 4.99. The highest BCUT2D eigenvalue weighted by molar-refractivity contribution is 5.56. The van der Waals surface area contributed by atoms with Gasteiger partial charge < -0.3 is 10.0 Å². The first kappa shape index (κ1) is 13.2. The summed E-state index contributed by atoms with van der Waals surface area (Å²) in [4.78, 5) is 2.41. The van der Waals surface area contributed by atoms with Crippen LogP contribution in [0.25, 0.3) is 0 Å². The summed E-state index contributed by atoms with van der Waals surface area (Å²) in [5, 5.41) is 9.98. The van der Waals surface area contributed by atoms with Crippen molar-refractivity contribution in [2.45, 2.75) is 38.2 Å². The average molecular weight is 245 g/mol. The van der Waals surface area contributed by atoms with E-state index in [0.717, 1.165) is 31.5 Å². The van der Waals surface area contributed by atoms with Gasteiger partial charge in [0.25, 0.3) is 0 Å². The molecule has 0 aromatic heterocycles. The highest BCUT2D eigenvalue weighted by Crippen LogP contribution is 2.33. The van der Waals surface area contributed by atoms with Crippen molar-refractivity contribution in [3.63, 3.8) is 0 Å². The van der Waals surface area contributed by atoms with Crippen molar-refractivity contribution < 1.29 is 5.11 Å². The second-order valence-electron chi connectivity index (χ2n) is 4.99. The molecule has 2 nitrogen and oxygen atoms in total. The summed E-state index contributed by atoms with van der Waals surface area (Å²) in [6, 6.07) is 8.24. The van der Waals surface area contributed by atoms with Crippen LogP contribution in [0.2, 0.25) is 0 Å². The van der Waals surface area contributed by atoms with Gasteiger partial charge in [-0.3, -0.25) is 0 Å². The molecule has 1 heterocycles. The zero-order valence-electron chi connectivity index (χ0n) is 11.0. The van der Waals surface area contributed by atoms with Crippen LogP contribution in [0.3, 0.4) is 0 Å². The van der Waals surface area contributed by atoms with Crippen LogP contribution in [0.4, 0.5) is 5.69 Å². The molecule has 1 aliphatic heterocycles. The molecule has 0 saturated heterocycles. The van der Waals surface area contributed by atoms with E-state index >= 15 is 0 Å². The SMILES string of the molecule is C=CCCCCCN1CCC(O)c2ccccc21. The Hall–Kier alpha value is -1.28. The maximum absolute atomic E-state index is 9.98. The van der Waals surface area contributed by atoms with Gasteiger partial charge in [0.2, 0.25) is 0 Å². The topological polar surface area (TPSA) is 23.5 Å². The second kappa shape index (κ2) is 6.60. The quantitative estimate of drug-likeness (QED) is 0.610. The Morgan fingerprint density at radius 3 is 2.94 bits per heavy atom. The summed E-state index contributed by atoms with van der Waals surface area (Å²) in [5.74, 6) is 0. The van der Waals surface area contributed by atoms with Crippen LogP contribution in [0.1, 0.15) is 43.8 Å². The fraction of sp³-hybridized carbons (Fsp3) is 0.500. The van der Waals surface area contributed by atoms with Gasteiger partial charge in [-0.25, -0.2) is 0 Å². The summed E-state index contributed by atoms with van der Waals surface area (Å²) in [6.45, 7) is 5.82. The Bertz CT molecular complexity index is 388. The van der Waals surface area contributed by atoms with Gasteiger partial charge in [0, 0.05) is 24.3 Å². The van der Waals surface area contributed by atoms with E-state index in [2.05, 4.69) is 23.6 Å². The molecular formula is C16H23NO. The Morgan fingerprint density at radius 2 is 2.11 bits per heavy atom. The van der Waals surface area contributed by atoms with E-state index in [-0.39, 0.29) is 6.10 Å². The summed E-state index contributed by atoms with van der Waals surface area (Å²) >= 11 is 0. The Balaban J connectivity index is 1.90. The Labute approximate surface area is 110 Å². The third-order valence-electron chi connectivity index (χ3n) is 3.65. The fourth-order valence-corrected chi connectivity index (χ4v) is 2.61. The largest absolute Gasteiger partial charge is 0.388 e. The molecule has 1 aromatic rings. The normalized spacial score (nSPS) is 18.5. The van der Waals surface area contributed by atoms with E-state index in [9.17, 15) is 5.11 Å². The third kappa shape index (κ3) is 3.14. The molecule has 1 aliphatic rings. The molecule has 0 aliphatic carbocycles. The molecule has 2 rings (SSSR count). The van der Waals surface area contributed by atoms with E-state index in [0.29, 0.717) is 0 Å². The number of fused-ring (bicyclic) bond motifs is 1. The summed E-state index contributed by atoms with van der Waals surface area (Å²) in [6.07, 6.45) is 7.40. The van der Waals surface area contributed by atoms with E-state index in [1.165, 1.54) is 24.9 Å². The molecule has 0 saturated carbocycles. The monoisotopic (exact) mass is 245 g/mol. The number of hydrogen-bond acceptors (Lipinski definition) is 2. The van der Waals surface area contributed by atoms with Crippen molar-refractivity contribution in [1.29, 1.82) is 0 Å². The van der Waals surface area contributed by atoms with Crippen molar-refractivity contribution in [3.8, 4) is 0 Å². The molecule has 0 bridgehead atoms. The zero-order valence-corrected chi connectivity index (χ0v) is 11.0. The van der Waals surface area contributed by atoms with Crippen molar-refractivity contribution in [3.05, 3.63) is 42.5 Å². The van der Waals surface area contributed by atoms with Gasteiger partial charge in [0.05, 0.1) is 6.10 Å². The molecule has 0 spiro atoms. The third-order valence-corrected chi connectivity index (χ3v) is 3.65. The number of anilines is 1. The van der Waals surface area contributed by atoms with Crippen molar-refractivity contribution >= 4 is 5.69 Å². The van der Waals surface area contributed by atoms with E-state index in [4.69, 9.17) is 0 Å². The molecule has 0 fully saturated rings. The number of para-hydroxylation sites is 1. The first-order valence-corrected chi connectivity index (χ1v) is 6.96. The zero-order chi connectivity index (χ0) is 12.8. The number of aliphatic hydroxyl groups is 1. The molecule has 1 N–H and O–H groups in total. The lowest BCUT2D eigenvalue weighted by Gasteiger charge is -2.33. The van der Waals surface area contributed by atoms with Gasteiger partial charge in [-0.05, 0) is 31.7 Å². The first-order valence-electron chi connectivity index (χ1n) is 6.96. The lowest BCUT2D eigenvalue weighted by Crippen LogP contribution is -2.32. The number of hydrogen-bond donors (Lipinski definition) is 1. The van der Waals surface area contributed by atoms with Gasteiger partial charge in [0.15, 0.2) is 0 Å². The predicted molar refractivity (Wildman–Crippen MR) is 76.9 cm³/mol. The highest BCUT2D eigenvalue weighted by Gasteiger charge is 2.22. The van der Waals surface area contributed by atoms with Gasteiger partial charge in [-0.15, -0.1) is 6.58 Å². The molecular weight excluding hydrogens is 222 g/mol. The van der Waals surface area contributed by atoms with Crippen LogP contribution in [-0.4, -0.2) is 18.2 Å². The molecule has 1 aromatic carbocycles. The minimum atomic E-state index is -0.279. The molecule has 1 atom stereocenters. The first-order chi connectivity index (χ1) is 8.83. The van der Waals surface area contributed by atoms with Crippen LogP contribution in [0.5, 0.6) is 0 Å². The smallest absolute Gasteiger partial charge is 0.0826 e. The fourth-order valence-electron chi connectivity index (χ4n) is 2.61. The van der Waals surface area contributed by atoms with E-state index in [1.54, 1.807) is 0 Å². The number of unbranched alkanes of at least 4 members (excludes halogenated alkanes) is 3. The van der Waals surface area contributed by atoms with Crippen LogP contribution in [0, 0.1) is 0 Å². The molecule has 0 radical (unpaired) electrons. The molecule has 18 heavy (non-hydrogen) atoms. The number of allylic oxidation sites excluding steroid dienone is 1. The Morgan fingerprint density at radius 1 is 1.28 bits per heavy atom. The summed E-state index contributed by atoms with van der Waals surface area (Å²) in [7, 11) is 0. The summed E-state index contributed by atoms with van der Waals surface area (Å²) < 4.78 is 0. The van der Waals surface area contributed by atoms with Crippen molar-refractivity contribution in [2.24, 2.45) is 0 Å². The maximum atomic E-state index is 9.98. The maximum Gasteiger partial charge on any atom is 0.0826 e. The van der Waals surface area contributed by atoms with E-state index < -0.39 is 0 Å². The van der Waals surface area contributed by atoms with Gasteiger partial charge >= 0.3 is 0 Å². The number of rotatable bonds is 6. The standard InChI is InChI=1S/C16H23NO/c1-2-3-4-5-8-12-17-13-11-16(18)14-9-6-7-10-15(14)17/h2,6-7,9-10,16,18H,1,3-5,8,11-13H2. The number of nitrogens with zero attached hydrogens (tertiary/aromatic N) is 1. The van der Waals surface area contributed by atoms with Gasteiger partial charge in [-0.2, -0.15) is 0 Å². The van der Waals surface area contributed by atoms with Crippen molar-refractivity contribution in [2.75, 3.05) is 18.0 Å². The summed E-state index contributed by atoms with van der Waals surface area (Å²) in [5.41, 5.74) is 2.31. The average Bonchev–Trinajstić information content (AvgIpc) is 2.41. The van der Waals surface area contributed by atoms with Gasteiger partial charge in [-0.1, -0.05) is 30.7 Å². The number of benzene rings is 1. The van der Waals surface area contributed by atoms with Crippen LogP contribution in [-0.2, 0) is 0 Å². The van der Waals surface area contributed by atoms with Crippen LogP contribution < -0.4 is 4.90 Å². The van der Waals surface area contributed by atoms with Crippen molar-refractivity contribution in [1.82, 2.24) is 0 Å². The molecule has 98 valence electrons. The van der Waals surface area contributed by atoms with Gasteiger partial charge in [0.1, 0.15) is 0 Å². The highest BCUT2D eigenvalue weighted by atomic mass is 16.3.